The first kappa shape index (κ1) is 14.7. The number of benzene rings is 1. The quantitative estimate of drug-likeness (QED) is 0.900. The van der Waals surface area contributed by atoms with Gasteiger partial charge in [-0.3, -0.25) is 4.90 Å². The van der Waals surface area contributed by atoms with Gasteiger partial charge in [-0.1, -0.05) is 12.1 Å². The molecule has 0 aliphatic carbocycles. The van der Waals surface area contributed by atoms with E-state index in [0.29, 0.717) is 24.2 Å². The van der Waals surface area contributed by atoms with E-state index in [2.05, 4.69) is 10.2 Å². The van der Waals surface area contributed by atoms with Gasteiger partial charge in [-0.25, -0.2) is 8.78 Å². The predicted molar refractivity (Wildman–Crippen MR) is 73.4 cm³/mol. The Morgan fingerprint density at radius 1 is 1.16 bits per heavy atom. The van der Waals surface area contributed by atoms with Crippen molar-refractivity contribution in [3.05, 3.63) is 35.4 Å². The van der Waals surface area contributed by atoms with Crippen molar-refractivity contribution in [1.29, 1.82) is 0 Å². The molecule has 2 unspecified atom stereocenters. The zero-order valence-electron chi connectivity index (χ0n) is 10.7. The van der Waals surface area contributed by atoms with E-state index in [1.807, 2.05) is 0 Å². The standard InChI is InChI=1S/C14H18F2N2.ClH/c15-13-3-1-2-10(14(13)16)8-18-7-6-11-4-5-12(9-18)17-11;/h1-3,11-12,17H,4-9H2;1H. The fourth-order valence-electron chi connectivity index (χ4n) is 3.07. The molecule has 106 valence electrons. The minimum absolute atomic E-state index is 0. The summed E-state index contributed by atoms with van der Waals surface area (Å²) in [5.41, 5.74) is 0.466. The molecule has 0 saturated carbocycles. The van der Waals surface area contributed by atoms with E-state index in [4.69, 9.17) is 0 Å². The molecule has 1 aromatic carbocycles. The van der Waals surface area contributed by atoms with Gasteiger partial charge in [0.2, 0.25) is 0 Å². The SMILES string of the molecule is Cl.Fc1cccc(CN2CCC3CCC(C2)N3)c1F. The van der Waals surface area contributed by atoms with Crippen LogP contribution in [0.2, 0.25) is 0 Å². The highest BCUT2D eigenvalue weighted by atomic mass is 35.5. The summed E-state index contributed by atoms with van der Waals surface area (Å²) in [7, 11) is 0. The maximum Gasteiger partial charge on any atom is 0.163 e. The number of likely N-dealkylation sites (tertiary alicyclic amines) is 1. The van der Waals surface area contributed by atoms with Gasteiger partial charge in [0.05, 0.1) is 0 Å². The molecule has 3 rings (SSSR count). The van der Waals surface area contributed by atoms with Crippen LogP contribution in [0.5, 0.6) is 0 Å². The summed E-state index contributed by atoms with van der Waals surface area (Å²) in [6.07, 6.45) is 3.56. The van der Waals surface area contributed by atoms with Crippen molar-refractivity contribution in [3.8, 4) is 0 Å². The van der Waals surface area contributed by atoms with Crippen LogP contribution in [-0.2, 0) is 6.54 Å². The summed E-state index contributed by atoms with van der Waals surface area (Å²) in [4.78, 5) is 2.23. The van der Waals surface area contributed by atoms with Crippen LogP contribution in [0.4, 0.5) is 8.78 Å². The number of nitrogens with one attached hydrogen (secondary N) is 1. The lowest BCUT2D eigenvalue weighted by molar-refractivity contribution is 0.246. The van der Waals surface area contributed by atoms with Crippen LogP contribution in [0.25, 0.3) is 0 Å². The summed E-state index contributed by atoms with van der Waals surface area (Å²) in [5, 5.41) is 3.59. The van der Waals surface area contributed by atoms with Gasteiger partial charge in [0.1, 0.15) is 0 Å². The number of hydrogen-bond donors (Lipinski definition) is 1. The Labute approximate surface area is 118 Å². The zero-order chi connectivity index (χ0) is 12.5. The lowest BCUT2D eigenvalue weighted by atomic mass is 10.1. The maximum atomic E-state index is 13.6. The molecular formula is C14H19ClF2N2. The molecule has 2 heterocycles. The molecule has 2 fully saturated rings. The van der Waals surface area contributed by atoms with E-state index in [-0.39, 0.29) is 12.4 Å². The average molecular weight is 289 g/mol. The van der Waals surface area contributed by atoms with Crippen molar-refractivity contribution in [2.24, 2.45) is 0 Å². The highest BCUT2D eigenvalue weighted by Gasteiger charge is 2.29. The third-order valence-corrected chi connectivity index (χ3v) is 4.03. The number of hydrogen-bond acceptors (Lipinski definition) is 2. The fraction of sp³-hybridized carbons (Fsp3) is 0.571. The molecule has 5 heteroatoms. The summed E-state index contributed by atoms with van der Waals surface area (Å²) >= 11 is 0. The van der Waals surface area contributed by atoms with Gasteiger partial charge in [-0.2, -0.15) is 0 Å². The first-order valence-corrected chi connectivity index (χ1v) is 6.63. The van der Waals surface area contributed by atoms with Crippen molar-refractivity contribution >= 4 is 12.4 Å². The molecule has 0 radical (unpaired) electrons. The van der Waals surface area contributed by atoms with Gasteiger partial charge in [0, 0.05) is 37.3 Å². The molecule has 2 nitrogen and oxygen atoms in total. The molecule has 2 aliphatic heterocycles. The van der Waals surface area contributed by atoms with Gasteiger partial charge in [-0.15, -0.1) is 12.4 Å². The molecule has 0 spiro atoms. The predicted octanol–water partition coefficient (Wildman–Crippen LogP) is 2.71. The van der Waals surface area contributed by atoms with Crippen LogP contribution in [0.15, 0.2) is 18.2 Å². The summed E-state index contributed by atoms with van der Waals surface area (Å²) in [5.74, 6) is -1.44. The van der Waals surface area contributed by atoms with Gasteiger partial charge in [0.25, 0.3) is 0 Å². The zero-order valence-corrected chi connectivity index (χ0v) is 11.6. The number of halogens is 3. The molecule has 0 amide bonds. The summed E-state index contributed by atoms with van der Waals surface area (Å²) in [6.45, 7) is 2.41. The molecule has 2 atom stereocenters. The first-order chi connectivity index (χ1) is 8.72. The van der Waals surface area contributed by atoms with Crippen molar-refractivity contribution in [1.82, 2.24) is 10.2 Å². The monoisotopic (exact) mass is 288 g/mol. The van der Waals surface area contributed by atoms with Gasteiger partial charge in [0.15, 0.2) is 11.6 Å². The molecular weight excluding hydrogens is 270 g/mol. The third-order valence-electron chi connectivity index (χ3n) is 4.03. The van der Waals surface area contributed by atoms with Crippen molar-refractivity contribution in [2.45, 2.75) is 37.9 Å². The van der Waals surface area contributed by atoms with Gasteiger partial charge >= 0.3 is 0 Å². The largest absolute Gasteiger partial charge is 0.310 e. The van der Waals surface area contributed by atoms with Crippen LogP contribution in [0, 0.1) is 11.6 Å². The molecule has 2 bridgehead atoms. The van der Waals surface area contributed by atoms with Crippen LogP contribution in [-0.4, -0.2) is 30.1 Å². The molecule has 2 aliphatic rings. The first-order valence-electron chi connectivity index (χ1n) is 6.63. The van der Waals surface area contributed by atoms with Gasteiger partial charge < -0.3 is 5.32 Å². The number of nitrogens with zero attached hydrogens (tertiary/aromatic N) is 1. The van der Waals surface area contributed by atoms with Crippen molar-refractivity contribution < 1.29 is 8.78 Å². The average Bonchev–Trinajstić information content (AvgIpc) is 2.68. The van der Waals surface area contributed by atoms with Crippen molar-refractivity contribution in [3.63, 3.8) is 0 Å². The Bertz CT molecular complexity index is 441. The van der Waals surface area contributed by atoms with E-state index in [0.717, 1.165) is 19.5 Å². The topological polar surface area (TPSA) is 15.3 Å². The molecule has 0 aromatic heterocycles. The minimum Gasteiger partial charge on any atom is -0.310 e. The highest BCUT2D eigenvalue weighted by Crippen LogP contribution is 2.22. The summed E-state index contributed by atoms with van der Waals surface area (Å²) in [6, 6.07) is 5.57. The number of rotatable bonds is 2. The second-order valence-corrected chi connectivity index (χ2v) is 5.37. The van der Waals surface area contributed by atoms with Crippen molar-refractivity contribution in [2.75, 3.05) is 13.1 Å². The lowest BCUT2D eigenvalue weighted by Crippen LogP contribution is -2.35. The Morgan fingerprint density at radius 2 is 1.95 bits per heavy atom. The fourth-order valence-corrected chi connectivity index (χ4v) is 3.07. The Balaban J connectivity index is 0.00000133. The smallest absolute Gasteiger partial charge is 0.163 e. The second kappa shape index (κ2) is 6.16. The molecule has 19 heavy (non-hydrogen) atoms. The maximum absolute atomic E-state index is 13.6. The van der Waals surface area contributed by atoms with Crippen LogP contribution in [0.1, 0.15) is 24.8 Å². The normalized spacial score (nSPS) is 26.8. The molecule has 1 N–H and O–H groups in total. The number of fused-ring (bicyclic) bond motifs is 2. The van der Waals surface area contributed by atoms with E-state index in [9.17, 15) is 8.78 Å². The minimum atomic E-state index is -0.748. The van der Waals surface area contributed by atoms with E-state index in [1.54, 1.807) is 12.1 Å². The third kappa shape index (κ3) is 3.25. The summed E-state index contributed by atoms with van der Waals surface area (Å²) < 4.78 is 26.8. The van der Waals surface area contributed by atoms with Gasteiger partial charge in [-0.05, 0) is 25.3 Å². The van der Waals surface area contributed by atoms with Crippen LogP contribution < -0.4 is 5.32 Å². The van der Waals surface area contributed by atoms with E-state index >= 15 is 0 Å². The molecule has 1 aromatic rings. The lowest BCUT2D eigenvalue weighted by Gasteiger charge is -2.24. The molecule has 2 saturated heterocycles. The van der Waals surface area contributed by atoms with E-state index in [1.165, 1.54) is 18.9 Å². The Morgan fingerprint density at radius 3 is 2.79 bits per heavy atom. The van der Waals surface area contributed by atoms with E-state index < -0.39 is 11.6 Å². The Kier molecular flexibility index (Phi) is 4.76. The Hall–Kier alpha value is -0.710. The van der Waals surface area contributed by atoms with Crippen LogP contribution in [0.3, 0.4) is 0 Å². The van der Waals surface area contributed by atoms with Crippen LogP contribution >= 0.6 is 12.4 Å². The second-order valence-electron chi connectivity index (χ2n) is 5.37. The highest BCUT2D eigenvalue weighted by molar-refractivity contribution is 5.85.